The Labute approximate surface area is 142 Å². The number of benzene rings is 2. The number of hydrogen-bond acceptors (Lipinski definition) is 3. The van der Waals surface area contributed by atoms with E-state index in [1.807, 2.05) is 6.07 Å². The monoisotopic (exact) mass is 319 g/mol. The Hall–Kier alpha value is -2.39. The van der Waals surface area contributed by atoms with Crippen molar-refractivity contribution in [1.29, 1.82) is 0 Å². The third-order valence-electron chi connectivity index (χ3n) is 4.77. The lowest BCUT2D eigenvalue weighted by molar-refractivity contribution is 0.103. The van der Waals surface area contributed by atoms with Gasteiger partial charge < -0.3 is 9.26 Å². The first-order valence-electron chi connectivity index (χ1n) is 8.51. The summed E-state index contributed by atoms with van der Waals surface area (Å²) in [6.07, 6.45) is 3.08. The summed E-state index contributed by atoms with van der Waals surface area (Å²) in [6, 6.07) is 16.9. The molecule has 0 saturated carbocycles. The van der Waals surface area contributed by atoms with Gasteiger partial charge in [-0.25, -0.2) is 0 Å². The molecule has 3 heteroatoms. The molecule has 1 aliphatic rings. The number of aryl methyl sites for hydroxylation is 1. The van der Waals surface area contributed by atoms with Crippen molar-refractivity contribution in [2.45, 2.75) is 32.3 Å². The molecule has 0 N–H and O–H groups in total. The molecule has 1 heterocycles. The van der Waals surface area contributed by atoms with Crippen molar-refractivity contribution in [3.8, 4) is 22.6 Å². The van der Waals surface area contributed by atoms with Crippen LogP contribution in [0.1, 0.15) is 36.1 Å². The molecule has 2 aromatic carbocycles. The van der Waals surface area contributed by atoms with Crippen LogP contribution in [0.15, 0.2) is 53.1 Å². The van der Waals surface area contributed by atoms with Crippen molar-refractivity contribution in [2.75, 3.05) is 7.11 Å². The van der Waals surface area contributed by atoms with Crippen LogP contribution in [0, 0.1) is 0 Å². The number of methoxy groups -OCH3 is 1. The van der Waals surface area contributed by atoms with E-state index in [1.165, 1.54) is 11.1 Å². The van der Waals surface area contributed by atoms with Gasteiger partial charge in [0.15, 0.2) is 5.76 Å². The summed E-state index contributed by atoms with van der Waals surface area (Å²) in [5.74, 6) is 0.828. The van der Waals surface area contributed by atoms with Gasteiger partial charge in [0, 0.05) is 24.7 Å². The average molecular weight is 319 g/mol. The van der Waals surface area contributed by atoms with Crippen LogP contribution < -0.4 is 0 Å². The summed E-state index contributed by atoms with van der Waals surface area (Å²) in [5.41, 5.74) is 6.80. The Balaban J connectivity index is 1.81. The fourth-order valence-corrected chi connectivity index (χ4v) is 3.54. The zero-order valence-electron chi connectivity index (χ0n) is 14.1. The molecule has 1 unspecified atom stereocenters. The third kappa shape index (κ3) is 2.45. The van der Waals surface area contributed by atoms with E-state index in [1.54, 1.807) is 7.11 Å². The number of ether oxygens (including phenoxy) is 1. The maximum absolute atomic E-state index is 5.76. The second kappa shape index (κ2) is 6.25. The zero-order valence-corrected chi connectivity index (χ0v) is 14.1. The van der Waals surface area contributed by atoms with Gasteiger partial charge in [0.25, 0.3) is 0 Å². The number of rotatable bonds is 4. The topological polar surface area (TPSA) is 35.3 Å². The summed E-state index contributed by atoms with van der Waals surface area (Å²) < 4.78 is 11.5. The van der Waals surface area contributed by atoms with Gasteiger partial charge in [-0.2, -0.15) is 0 Å². The molecule has 0 aliphatic heterocycles. The fourth-order valence-electron chi connectivity index (χ4n) is 3.54. The minimum absolute atomic E-state index is 0.0218. The molecule has 1 aromatic heterocycles. The zero-order chi connectivity index (χ0) is 16.5. The van der Waals surface area contributed by atoms with Gasteiger partial charge >= 0.3 is 0 Å². The molecular formula is C21H21NO2. The summed E-state index contributed by atoms with van der Waals surface area (Å²) in [5, 5.41) is 4.38. The van der Waals surface area contributed by atoms with Gasteiger partial charge in [0.2, 0.25) is 0 Å². The summed E-state index contributed by atoms with van der Waals surface area (Å²) in [4.78, 5) is 0. The Morgan fingerprint density at radius 3 is 2.67 bits per heavy atom. The van der Waals surface area contributed by atoms with E-state index in [0.29, 0.717) is 0 Å². The highest BCUT2D eigenvalue weighted by atomic mass is 16.5. The maximum Gasteiger partial charge on any atom is 0.173 e. The van der Waals surface area contributed by atoms with E-state index in [2.05, 4.69) is 54.5 Å². The van der Waals surface area contributed by atoms with E-state index in [0.717, 1.165) is 47.4 Å². The molecule has 0 fully saturated rings. The Morgan fingerprint density at radius 1 is 1.12 bits per heavy atom. The van der Waals surface area contributed by atoms with Crippen molar-refractivity contribution in [3.05, 3.63) is 65.2 Å². The lowest BCUT2D eigenvalue weighted by Gasteiger charge is -2.23. The largest absolute Gasteiger partial charge is 0.376 e. The molecule has 3 nitrogen and oxygen atoms in total. The quantitative estimate of drug-likeness (QED) is 0.662. The Morgan fingerprint density at radius 2 is 1.92 bits per heavy atom. The molecular weight excluding hydrogens is 298 g/mol. The number of aromatic nitrogens is 1. The SMILES string of the molecule is CCCc1ccc(-c2onc3c2C(OC)Cc2ccccc2-3)cc1. The normalized spacial score (nSPS) is 15.8. The standard InChI is InChI=1S/C21H21NO2/c1-3-6-14-9-11-15(12-10-14)21-19-18(23-2)13-16-7-4-5-8-17(16)20(19)22-24-21/h4-5,7-12,18H,3,6,13H2,1-2H3. The smallest absolute Gasteiger partial charge is 0.173 e. The first-order valence-corrected chi connectivity index (χ1v) is 8.51. The molecule has 0 amide bonds. The van der Waals surface area contributed by atoms with Gasteiger partial charge in [-0.05, 0) is 17.5 Å². The van der Waals surface area contributed by atoms with Crippen LogP contribution in [0.5, 0.6) is 0 Å². The van der Waals surface area contributed by atoms with Crippen molar-refractivity contribution in [3.63, 3.8) is 0 Å². The summed E-state index contributed by atoms with van der Waals surface area (Å²) in [7, 11) is 1.75. The van der Waals surface area contributed by atoms with E-state index in [9.17, 15) is 0 Å². The lowest BCUT2D eigenvalue weighted by Crippen LogP contribution is -2.12. The minimum atomic E-state index is -0.0218. The number of nitrogens with zero attached hydrogens (tertiary/aromatic N) is 1. The molecule has 0 spiro atoms. The van der Waals surface area contributed by atoms with Crippen LogP contribution in [0.4, 0.5) is 0 Å². The predicted octanol–water partition coefficient (Wildman–Crippen LogP) is 5.20. The van der Waals surface area contributed by atoms with Gasteiger partial charge in [-0.15, -0.1) is 0 Å². The molecule has 0 bridgehead atoms. The second-order valence-electron chi connectivity index (χ2n) is 6.31. The van der Waals surface area contributed by atoms with Gasteiger partial charge in [-0.1, -0.05) is 67.0 Å². The highest BCUT2D eigenvalue weighted by Crippen LogP contribution is 2.44. The van der Waals surface area contributed by atoms with Crippen LogP contribution >= 0.6 is 0 Å². The minimum Gasteiger partial charge on any atom is -0.376 e. The van der Waals surface area contributed by atoms with Crippen LogP contribution in [0.2, 0.25) is 0 Å². The number of fused-ring (bicyclic) bond motifs is 3. The number of hydrogen-bond donors (Lipinski definition) is 0. The van der Waals surface area contributed by atoms with Gasteiger partial charge in [0.05, 0.1) is 11.7 Å². The predicted molar refractivity (Wildman–Crippen MR) is 94.8 cm³/mol. The highest BCUT2D eigenvalue weighted by molar-refractivity contribution is 5.77. The molecule has 24 heavy (non-hydrogen) atoms. The Bertz CT molecular complexity index is 849. The third-order valence-corrected chi connectivity index (χ3v) is 4.77. The fraction of sp³-hybridized carbons (Fsp3) is 0.286. The van der Waals surface area contributed by atoms with Crippen LogP contribution in [0.25, 0.3) is 22.6 Å². The molecule has 0 saturated heterocycles. The van der Waals surface area contributed by atoms with Crippen molar-refractivity contribution in [1.82, 2.24) is 5.16 Å². The highest BCUT2D eigenvalue weighted by Gasteiger charge is 2.32. The van der Waals surface area contributed by atoms with E-state index in [-0.39, 0.29) is 6.10 Å². The molecule has 4 rings (SSSR count). The molecule has 1 aliphatic carbocycles. The first-order chi connectivity index (χ1) is 11.8. The second-order valence-corrected chi connectivity index (χ2v) is 6.31. The van der Waals surface area contributed by atoms with E-state index < -0.39 is 0 Å². The average Bonchev–Trinajstić information content (AvgIpc) is 3.07. The Kier molecular flexibility index (Phi) is 3.95. The molecule has 122 valence electrons. The molecule has 3 aromatic rings. The van der Waals surface area contributed by atoms with Crippen molar-refractivity contribution < 1.29 is 9.26 Å². The van der Waals surface area contributed by atoms with Crippen LogP contribution in [-0.2, 0) is 17.6 Å². The van der Waals surface area contributed by atoms with Gasteiger partial charge in [-0.3, -0.25) is 0 Å². The van der Waals surface area contributed by atoms with Crippen molar-refractivity contribution >= 4 is 0 Å². The van der Waals surface area contributed by atoms with Crippen molar-refractivity contribution in [2.24, 2.45) is 0 Å². The van der Waals surface area contributed by atoms with Crippen LogP contribution in [0.3, 0.4) is 0 Å². The molecule has 1 atom stereocenters. The summed E-state index contributed by atoms with van der Waals surface area (Å²) >= 11 is 0. The first kappa shape index (κ1) is 15.2. The maximum atomic E-state index is 5.76. The van der Waals surface area contributed by atoms with Crippen LogP contribution in [-0.4, -0.2) is 12.3 Å². The molecule has 0 radical (unpaired) electrons. The lowest BCUT2D eigenvalue weighted by atomic mass is 9.86. The van der Waals surface area contributed by atoms with E-state index >= 15 is 0 Å². The van der Waals surface area contributed by atoms with Gasteiger partial charge in [0.1, 0.15) is 5.69 Å². The summed E-state index contributed by atoms with van der Waals surface area (Å²) in [6.45, 7) is 2.20. The van der Waals surface area contributed by atoms with E-state index in [4.69, 9.17) is 9.26 Å².